The van der Waals surface area contributed by atoms with Gasteiger partial charge in [-0.2, -0.15) is 0 Å². The van der Waals surface area contributed by atoms with Crippen molar-refractivity contribution in [1.29, 1.82) is 0 Å². The normalized spacial score (nSPS) is 11.2. The van der Waals surface area contributed by atoms with Gasteiger partial charge in [0.25, 0.3) is 5.91 Å². The van der Waals surface area contributed by atoms with E-state index in [9.17, 15) is 9.59 Å². The highest BCUT2D eigenvalue weighted by molar-refractivity contribution is 6.07. The van der Waals surface area contributed by atoms with Crippen LogP contribution in [0.25, 0.3) is 10.9 Å². The number of aryl methyl sites for hydroxylation is 1. The number of aliphatic hydroxyl groups is 1. The third kappa shape index (κ3) is 6.39. The highest BCUT2D eigenvalue weighted by Crippen LogP contribution is 2.34. The molecule has 10 heteroatoms. The number of hydrogen-bond donors (Lipinski definition) is 3. The summed E-state index contributed by atoms with van der Waals surface area (Å²) < 4.78 is 22.0. The number of amides is 1. The van der Waals surface area contributed by atoms with Gasteiger partial charge < -0.3 is 35.1 Å². The Morgan fingerprint density at radius 3 is 2.54 bits per heavy atom. The van der Waals surface area contributed by atoms with Gasteiger partial charge in [0.1, 0.15) is 24.5 Å². The van der Waals surface area contributed by atoms with Crippen molar-refractivity contribution < 1.29 is 33.6 Å². The summed E-state index contributed by atoms with van der Waals surface area (Å²) in [5.41, 5.74) is 7.47. The molecule has 4 N–H and O–H groups in total. The second-order valence-corrected chi connectivity index (χ2v) is 8.92. The summed E-state index contributed by atoms with van der Waals surface area (Å²) in [4.78, 5) is 29.9. The van der Waals surface area contributed by atoms with E-state index in [0.717, 1.165) is 0 Å². The Morgan fingerprint density at radius 1 is 1.11 bits per heavy atom. The molecule has 0 aliphatic carbocycles. The molecule has 10 nitrogen and oxygen atoms in total. The minimum Gasteiger partial charge on any atom is -0.493 e. The predicted octanol–water partition coefficient (Wildman–Crippen LogP) is 3.27. The van der Waals surface area contributed by atoms with Gasteiger partial charge in [-0.1, -0.05) is 6.07 Å². The molecule has 0 saturated heterocycles. The van der Waals surface area contributed by atoms with Crippen molar-refractivity contribution in [2.24, 2.45) is 0 Å². The number of fused-ring (bicyclic) bond motifs is 1. The molecule has 0 atom stereocenters. The van der Waals surface area contributed by atoms with Crippen LogP contribution in [0.5, 0.6) is 17.2 Å². The predicted molar refractivity (Wildman–Crippen MR) is 139 cm³/mol. The Morgan fingerprint density at radius 2 is 1.86 bits per heavy atom. The number of hydrogen-bond acceptors (Lipinski definition) is 9. The molecule has 1 heterocycles. The second-order valence-electron chi connectivity index (χ2n) is 8.92. The van der Waals surface area contributed by atoms with Crippen molar-refractivity contribution in [2.75, 3.05) is 39.3 Å². The largest absolute Gasteiger partial charge is 0.493 e. The van der Waals surface area contributed by atoms with Gasteiger partial charge in [0.15, 0.2) is 11.5 Å². The van der Waals surface area contributed by atoms with Gasteiger partial charge in [-0.25, -0.2) is 4.79 Å². The van der Waals surface area contributed by atoms with Crippen LogP contribution in [-0.2, 0) is 4.74 Å². The summed E-state index contributed by atoms with van der Waals surface area (Å²) >= 11 is 0. The number of methoxy groups -OCH3 is 1. The minimum atomic E-state index is -0.782. The maximum atomic E-state index is 13.0. The Hall–Kier alpha value is -4.05. The first kappa shape index (κ1) is 27.5. The molecule has 0 radical (unpaired) electrons. The summed E-state index contributed by atoms with van der Waals surface area (Å²) in [6, 6.07) is 10.1. The van der Waals surface area contributed by atoms with Gasteiger partial charge in [-0.3, -0.25) is 9.78 Å². The third-order valence-electron chi connectivity index (χ3n) is 5.49. The highest BCUT2D eigenvalue weighted by atomic mass is 16.5. The lowest BCUT2D eigenvalue weighted by molar-refractivity contribution is 0.0526. The number of nitrogens with zero attached hydrogens (tertiary/aromatic N) is 1. The minimum absolute atomic E-state index is 0.106. The van der Waals surface area contributed by atoms with E-state index < -0.39 is 11.5 Å². The zero-order valence-electron chi connectivity index (χ0n) is 21.7. The lowest BCUT2D eigenvalue weighted by Crippen LogP contribution is -2.47. The van der Waals surface area contributed by atoms with E-state index in [1.54, 1.807) is 50.2 Å². The van der Waals surface area contributed by atoms with Gasteiger partial charge in [0.05, 0.1) is 48.1 Å². The zero-order valence-corrected chi connectivity index (χ0v) is 21.7. The Kier molecular flexibility index (Phi) is 8.77. The van der Waals surface area contributed by atoms with Gasteiger partial charge in [0, 0.05) is 5.56 Å². The summed E-state index contributed by atoms with van der Waals surface area (Å²) in [5.74, 6) is 0.358. The first-order valence-corrected chi connectivity index (χ1v) is 11.8. The second kappa shape index (κ2) is 11.8. The first-order chi connectivity index (χ1) is 17.6. The molecule has 3 aromatic rings. The van der Waals surface area contributed by atoms with Crippen molar-refractivity contribution in [1.82, 2.24) is 10.3 Å². The van der Waals surface area contributed by atoms with Gasteiger partial charge >= 0.3 is 5.97 Å². The topological polar surface area (TPSA) is 142 Å². The molecule has 198 valence electrons. The molecule has 3 rings (SSSR count). The van der Waals surface area contributed by atoms with Crippen LogP contribution >= 0.6 is 0 Å². The number of benzene rings is 2. The number of rotatable bonds is 11. The Labute approximate surface area is 215 Å². The van der Waals surface area contributed by atoms with Gasteiger partial charge in [0.2, 0.25) is 0 Å². The number of pyridine rings is 1. The number of ether oxygens (including phenoxy) is 4. The summed E-state index contributed by atoms with van der Waals surface area (Å²) in [5, 5.41) is 12.4. The zero-order chi connectivity index (χ0) is 27.2. The molecule has 0 saturated carbocycles. The number of carbonyl (C=O) groups excluding carboxylic acids is 2. The van der Waals surface area contributed by atoms with Crippen LogP contribution in [0.1, 0.15) is 47.2 Å². The number of aliphatic hydroxyl groups excluding tert-OH is 1. The van der Waals surface area contributed by atoms with Crippen molar-refractivity contribution in [3.63, 3.8) is 0 Å². The number of nitrogens with one attached hydrogen (secondary N) is 1. The van der Waals surface area contributed by atoms with Crippen LogP contribution in [0.15, 0.2) is 36.4 Å². The molecule has 1 aromatic heterocycles. The first-order valence-electron chi connectivity index (χ1n) is 11.8. The third-order valence-corrected chi connectivity index (χ3v) is 5.49. The number of esters is 1. The van der Waals surface area contributed by atoms with Crippen LogP contribution < -0.4 is 25.3 Å². The fraction of sp³-hybridized carbons (Fsp3) is 0.370. The maximum absolute atomic E-state index is 13.0. The molecule has 0 aliphatic rings. The fourth-order valence-electron chi connectivity index (χ4n) is 3.78. The number of carbonyl (C=O) groups is 2. The van der Waals surface area contributed by atoms with E-state index >= 15 is 0 Å². The molecule has 37 heavy (non-hydrogen) atoms. The maximum Gasteiger partial charge on any atom is 0.342 e. The fourth-order valence-corrected chi connectivity index (χ4v) is 3.78. The van der Waals surface area contributed by atoms with Crippen molar-refractivity contribution >= 4 is 28.5 Å². The van der Waals surface area contributed by atoms with Crippen LogP contribution in [0.3, 0.4) is 0 Å². The van der Waals surface area contributed by atoms with E-state index in [0.29, 0.717) is 39.4 Å². The van der Waals surface area contributed by atoms with E-state index in [4.69, 9.17) is 29.8 Å². The molecule has 0 spiro atoms. The lowest BCUT2D eigenvalue weighted by atomic mass is 10.0. The van der Waals surface area contributed by atoms with Crippen LogP contribution in [0.2, 0.25) is 0 Å². The number of anilines is 1. The number of nitrogens with two attached hydrogens (primary N) is 1. The van der Waals surface area contributed by atoms with E-state index in [1.807, 2.05) is 13.8 Å². The van der Waals surface area contributed by atoms with Crippen LogP contribution in [0, 0.1) is 6.92 Å². The smallest absolute Gasteiger partial charge is 0.342 e. The summed E-state index contributed by atoms with van der Waals surface area (Å²) in [6.45, 7) is 7.36. The molecule has 0 fully saturated rings. The van der Waals surface area contributed by atoms with Gasteiger partial charge in [-0.05, 0) is 58.0 Å². The van der Waals surface area contributed by atoms with Crippen molar-refractivity contribution in [3.8, 4) is 17.2 Å². The van der Waals surface area contributed by atoms with Crippen LogP contribution in [0.4, 0.5) is 5.69 Å². The average Bonchev–Trinajstić information content (AvgIpc) is 2.85. The molecule has 2 aromatic carbocycles. The lowest BCUT2D eigenvalue weighted by Gasteiger charge is -2.27. The summed E-state index contributed by atoms with van der Waals surface area (Å²) in [6.07, 6.45) is 0. The Balaban J connectivity index is 1.80. The average molecular weight is 512 g/mol. The summed E-state index contributed by atoms with van der Waals surface area (Å²) in [7, 11) is 1.47. The SMILES string of the molecule is CCOC(=O)c1c(C)nc2cccc(OCC(C)(C)NC(=O)c3ccc(OCCO)c(OC)c3)c2c1N. The number of nitrogen functional groups attached to an aromatic ring is 1. The van der Waals surface area contributed by atoms with Gasteiger partial charge in [-0.15, -0.1) is 0 Å². The molecule has 0 aliphatic heterocycles. The molecule has 1 amide bonds. The Bertz CT molecular complexity index is 1290. The monoisotopic (exact) mass is 511 g/mol. The quantitative estimate of drug-likeness (QED) is 0.331. The molecular formula is C27H33N3O7. The van der Waals surface area contributed by atoms with E-state index in [1.165, 1.54) is 7.11 Å². The van der Waals surface area contributed by atoms with E-state index in [2.05, 4.69) is 10.3 Å². The molecule has 0 unspecified atom stereocenters. The van der Waals surface area contributed by atoms with Crippen LogP contribution in [-0.4, -0.2) is 61.0 Å². The highest BCUT2D eigenvalue weighted by Gasteiger charge is 2.25. The van der Waals surface area contributed by atoms with E-state index in [-0.39, 0.29) is 43.6 Å². The van der Waals surface area contributed by atoms with Crippen molar-refractivity contribution in [2.45, 2.75) is 33.2 Å². The van der Waals surface area contributed by atoms with Crippen molar-refractivity contribution in [3.05, 3.63) is 53.2 Å². The standard InChI is InChI=1S/C27H33N3O7/c1-6-35-26(33)22-16(2)29-18-8-7-9-20(23(18)24(22)28)37-15-27(3,4)30-25(32)17-10-11-19(36-13-12-31)21(14-17)34-5/h7-11,14,31H,6,12-13,15H2,1-5H3,(H2,28,29)(H,30,32). The molecular weight excluding hydrogens is 478 g/mol. The number of aromatic nitrogens is 1. The molecule has 0 bridgehead atoms.